The predicted molar refractivity (Wildman–Crippen MR) is 39.3 cm³/mol. The monoisotopic (exact) mass is 180 g/mol. The Hall–Kier alpha value is 0.830. The van der Waals surface area contributed by atoms with E-state index in [-0.39, 0.29) is 0 Å². The molecule has 0 aromatic heterocycles. The number of thioether (sulfide) groups is 1. The van der Waals surface area contributed by atoms with E-state index in [1.54, 1.807) is 0 Å². The number of halogens is 1. The fourth-order valence-electron chi connectivity index (χ4n) is 0.540. The van der Waals surface area contributed by atoms with Crippen molar-refractivity contribution in [3.05, 3.63) is 0 Å². The van der Waals surface area contributed by atoms with E-state index < -0.39 is 0 Å². The lowest BCUT2D eigenvalue weighted by atomic mass is 10.3. The molecule has 1 saturated heterocycles. The van der Waals surface area contributed by atoms with E-state index in [9.17, 15) is 0 Å². The summed E-state index contributed by atoms with van der Waals surface area (Å²) < 4.78 is 0. The minimum Gasteiger partial charge on any atom is -0.157 e. The van der Waals surface area contributed by atoms with Crippen LogP contribution < -0.4 is 0 Å². The summed E-state index contributed by atoms with van der Waals surface area (Å²) in [5, 5.41) is 2.22. The van der Waals surface area contributed by atoms with Crippen molar-refractivity contribution in [2.75, 3.05) is 11.1 Å². The zero-order chi connectivity index (χ0) is 5.11. The molecule has 1 rings (SSSR count). The second-order valence-corrected chi connectivity index (χ2v) is 3.91. The van der Waals surface area contributed by atoms with Crippen molar-refractivity contribution in [1.82, 2.24) is 0 Å². The summed E-state index contributed by atoms with van der Waals surface area (Å²) in [5.74, 6) is 1.42. The molecule has 0 N–H and O–H groups in total. The molecule has 0 bridgehead atoms. The van der Waals surface area contributed by atoms with E-state index in [0.717, 1.165) is 5.25 Å². The van der Waals surface area contributed by atoms with Crippen LogP contribution in [-0.4, -0.2) is 16.3 Å². The molecule has 1 heterocycles. The van der Waals surface area contributed by atoms with Gasteiger partial charge in [-0.1, -0.05) is 15.9 Å². The molecule has 0 radical (unpaired) electrons. The molecular formula is C5H9BrS. The predicted octanol–water partition coefficient (Wildman–Crippen LogP) is 2.28. The van der Waals surface area contributed by atoms with Gasteiger partial charge in [0.05, 0.1) is 0 Å². The lowest BCUT2D eigenvalue weighted by Crippen LogP contribution is -1.82. The van der Waals surface area contributed by atoms with Crippen molar-refractivity contribution in [3.8, 4) is 0 Å². The van der Waals surface area contributed by atoms with Gasteiger partial charge >= 0.3 is 0 Å². The standard InChI is InChI=1S/C5H9BrS/c6-3-1-2-5-4-7-5/h5H,1-4H2. The van der Waals surface area contributed by atoms with Crippen LogP contribution in [0.4, 0.5) is 0 Å². The number of hydrogen-bond donors (Lipinski definition) is 0. The normalized spacial score (nSPS) is 27.9. The lowest BCUT2D eigenvalue weighted by Gasteiger charge is -1.86. The van der Waals surface area contributed by atoms with Crippen LogP contribution in [0.15, 0.2) is 0 Å². The molecule has 2 heteroatoms. The molecule has 0 nitrogen and oxygen atoms in total. The molecule has 0 saturated carbocycles. The summed E-state index contributed by atoms with van der Waals surface area (Å²) in [4.78, 5) is 0. The van der Waals surface area contributed by atoms with Gasteiger partial charge in [-0.25, -0.2) is 0 Å². The van der Waals surface area contributed by atoms with E-state index in [4.69, 9.17) is 0 Å². The molecule has 7 heavy (non-hydrogen) atoms. The fourth-order valence-corrected chi connectivity index (χ4v) is 1.50. The Kier molecular flexibility index (Phi) is 2.53. The summed E-state index contributed by atoms with van der Waals surface area (Å²) in [5.41, 5.74) is 0. The van der Waals surface area contributed by atoms with Crippen LogP contribution in [-0.2, 0) is 0 Å². The van der Waals surface area contributed by atoms with Crippen LogP contribution in [0.5, 0.6) is 0 Å². The van der Waals surface area contributed by atoms with E-state index >= 15 is 0 Å². The summed E-state index contributed by atoms with van der Waals surface area (Å²) in [7, 11) is 0. The first-order valence-electron chi connectivity index (χ1n) is 2.61. The van der Waals surface area contributed by atoms with Crippen LogP contribution in [0.25, 0.3) is 0 Å². The molecule has 1 fully saturated rings. The molecule has 1 unspecified atom stereocenters. The maximum atomic E-state index is 3.40. The highest BCUT2D eigenvalue weighted by Gasteiger charge is 2.20. The Morgan fingerprint density at radius 3 is 2.86 bits per heavy atom. The molecule has 0 aliphatic carbocycles. The topological polar surface area (TPSA) is 0 Å². The van der Waals surface area contributed by atoms with Crippen molar-refractivity contribution < 1.29 is 0 Å². The second kappa shape index (κ2) is 2.98. The molecular weight excluding hydrogens is 172 g/mol. The number of alkyl halides is 1. The Balaban J connectivity index is 1.80. The Morgan fingerprint density at radius 2 is 2.43 bits per heavy atom. The van der Waals surface area contributed by atoms with Gasteiger partial charge in [0.1, 0.15) is 0 Å². The first kappa shape index (κ1) is 5.96. The maximum absolute atomic E-state index is 3.40. The van der Waals surface area contributed by atoms with Crippen LogP contribution in [0.2, 0.25) is 0 Å². The maximum Gasteiger partial charge on any atom is 0.0138 e. The van der Waals surface area contributed by atoms with Crippen LogP contribution >= 0.6 is 27.7 Å². The minimum atomic E-state index is 1.04. The van der Waals surface area contributed by atoms with E-state index in [1.165, 1.54) is 23.9 Å². The Morgan fingerprint density at radius 1 is 1.71 bits per heavy atom. The third-order valence-electron chi connectivity index (χ3n) is 1.06. The summed E-state index contributed by atoms with van der Waals surface area (Å²) in [6, 6.07) is 0. The van der Waals surface area contributed by atoms with Gasteiger partial charge in [0.25, 0.3) is 0 Å². The second-order valence-electron chi connectivity index (χ2n) is 1.79. The summed E-state index contributed by atoms with van der Waals surface area (Å²) in [6.07, 6.45) is 2.79. The smallest absolute Gasteiger partial charge is 0.0138 e. The molecule has 1 aliphatic rings. The van der Waals surface area contributed by atoms with Gasteiger partial charge in [-0.2, -0.15) is 11.8 Å². The first-order valence-corrected chi connectivity index (χ1v) is 4.78. The molecule has 0 spiro atoms. The first-order chi connectivity index (χ1) is 3.43. The molecule has 1 aliphatic heterocycles. The van der Waals surface area contributed by atoms with Gasteiger partial charge in [-0.3, -0.25) is 0 Å². The zero-order valence-corrected chi connectivity index (χ0v) is 6.59. The van der Waals surface area contributed by atoms with Gasteiger partial charge in [-0.05, 0) is 12.8 Å². The fraction of sp³-hybridized carbons (Fsp3) is 1.00. The average Bonchev–Trinajstić information content (AvgIpc) is 2.42. The third-order valence-corrected chi connectivity index (χ3v) is 2.66. The van der Waals surface area contributed by atoms with Gasteiger partial charge in [0, 0.05) is 16.3 Å². The number of rotatable bonds is 3. The Bertz CT molecular complexity index is 52.0. The summed E-state index contributed by atoms with van der Waals surface area (Å²) >= 11 is 5.48. The van der Waals surface area contributed by atoms with Gasteiger partial charge < -0.3 is 0 Å². The molecule has 0 aromatic carbocycles. The van der Waals surface area contributed by atoms with Crippen LogP contribution in [0, 0.1) is 0 Å². The molecule has 0 aromatic rings. The van der Waals surface area contributed by atoms with Crippen LogP contribution in [0.1, 0.15) is 12.8 Å². The van der Waals surface area contributed by atoms with Crippen molar-refractivity contribution in [2.24, 2.45) is 0 Å². The summed E-state index contributed by atoms with van der Waals surface area (Å²) in [6.45, 7) is 0. The van der Waals surface area contributed by atoms with Gasteiger partial charge in [0.15, 0.2) is 0 Å². The van der Waals surface area contributed by atoms with Gasteiger partial charge in [-0.15, -0.1) is 0 Å². The Labute approximate surface area is 57.2 Å². The SMILES string of the molecule is BrCCCC1CS1. The molecule has 0 amide bonds. The van der Waals surface area contributed by atoms with E-state index in [0.29, 0.717) is 0 Å². The highest BCUT2D eigenvalue weighted by Crippen LogP contribution is 2.33. The van der Waals surface area contributed by atoms with E-state index in [1.807, 2.05) is 0 Å². The van der Waals surface area contributed by atoms with E-state index in [2.05, 4.69) is 27.7 Å². The zero-order valence-electron chi connectivity index (χ0n) is 4.19. The minimum absolute atomic E-state index is 1.04. The lowest BCUT2D eigenvalue weighted by molar-refractivity contribution is 0.843. The molecule has 42 valence electrons. The average molecular weight is 181 g/mol. The van der Waals surface area contributed by atoms with Crippen molar-refractivity contribution in [2.45, 2.75) is 18.1 Å². The van der Waals surface area contributed by atoms with Crippen LogP contribution in [0.3, 0.4) is 0 Å². The van der Waals surface area contributed by atoms with Gasteiger partial charge in [0.2, 0.25) is 0 Å². The van der Waals surface area contributed by atoms with Crippen molar-refractivity contribution >= 4 is 27.7 Å². The number of hydrogen-bond acceptors (Lipinski definition) is 1. The third kappa shape index (κ3) is 2.60. The largest absolute Gasteiger partial charge is 0.157 e. The molecule has 1 atom stereocenters. The highest BCUT2D eigenvalue weighted by molar-refractivity contribution is 9.09. The highest BCUT2D eigenvalue weighted by atomic mass is 79.9. The van der Waals surface area contributed by atoms with Crippen molar-refractivity contribution in [3.63, 3.8) is 0 Å². The van der Waals surface area contributed by atoms with Crippen molar-refractivity contribution in [1.29, 1.82) is 0 Å². The quantitative estimate of drug-likeness (QED) is 0.475.